The average molecular weight is 386 g/mol. The lowest BCUT2D eigenvalue weighted by molar-refractivity contribution is -0.0906. The number of ether oxygens (including phenoxy) is 1. The highest BCUT2D eigenvalue weighted by Crippen LogP contribution is 2.47. The van der Waals surface area contributed by atoms with Gasteiger partial charge in [-0.1, -0.05) is 0 Å². The van der Waals surface area contributed by atoms with Crippen LogP contribution in [-0.4, -0.2) is 40.5 Å². The molecule has 1 saturated heterocycles. The monoisotopic (exact) mass is 385 g/mol. The van der Waals surface area contributed by atoms with E-state index in [-0.39, 0.29) is 11.5 Å². The second kappa shape index (κ2) is 6.33. The van der Waals surface area contributed by atoms with Crippen LogP contribution in [0.1, 0.15) is 33.8 Å². The molecule has 0 aromatic carbocycles. The summed E-state index contributed by atoms with van der Waals surface area (Å²) in [6.45, 7) is 2.20. The summed E-state index contributed by atoms with van der Waals surface area (Å²) in [6, 6.07) is 5.99. The number of aromatic amines is 1. The minimum absolute atomic E-state index is 0.0792. The van der Waals surface area contributed by atoms with E-state index in [0.29, 0.717) is 5.69 Å². The average Bonchev–Trinajstić information content (AvgIpc) is 3.42. The molecule has 1 amide bonds. The molecule has 0 bridgehead atoms. The van der Waals surface area contributed by atoms with Crippen LogP contribution in [0.4, 0.5) is 0 Å². The first-order valence-corrected chi connectivity index (χ1v) is 10.5. The molecule has 5 rings (SSSR count). The van der Waals surface area contributed by atoms with Gasteiger partial charge >= 0.3 is 0 Å². The molecule has 0 aliphatic carbocycles. The van der Waals surface area contributed by atoms with Crippen molar-refractivity contribution in [1.29, 1.82) is 0 Å². The quantitative estimate of drug-likeness (QED) is 0.728. The minimum atomic E-state index is -0.236. The maximum Gasteiger partial charge on any atom is 0.270 e. The number of aromatic nitrogens is 2. The summed E-state index contributed by atoms with van der Waals surface area (Å²) in [5.74, 6) is 0.0792. The van der Waals surface area contributed by atoms with Crippen molar-refractivity contribution in [2.24, 2.45) is 0 Å². The van der Waals surface area contributed by atoms with Crippen LogP contribution < -0.4 is 0 Å². The number of amides is 1. The molecule has 1 fully saturated rings. The number of thiophene rings is 1. The van der Waals surface area contributed by atoms with Crippen LogP contribution >= 0.6 is 22.7 Å². The van der Waals surface area contributed by atoms with Gasteiger partial charge in [0.15, 0.2) is 0 Å². The van der Waals surface area contributed by atoms with Gasteiger partial charge in [0.2, 0.25) is 0 Å². The Morgan fingerprint density at radius 3 is 2.96 bits per heavy atom. The van der Waals surface area contributed by atoms with Crippen LogP contribution in [0.25, 0.3) is 9.88 Å². The van der Waals surface area contributed by atoms with Gasteiger partial charge in [0.25, 0.3) is 5.91 Å². The fourth-order valence-corrected chi connectivity index (χ4v) is 6.07. The van der Waals surface area contributed by atoms with Gasteiger partial charge in [0.05, 0.1) is 11.5 Å². The van der Waals surface area contributed by atoms with Crippen LogP contribution in [0.15, 0.2) is 36.0 Å². The number of thiazole rings is 1. The van der Waals surface area contributed by atoms with Gasteiger partial charge < -0.3 is 14.6 Å². The summed E-state index contributed by atoms with van der Waals surface area (Å²) >= 11 is 3.50. The Balaban J connectivity index is 1.39. The lowest BCUT2D eigenvalue weighted by atomic mass is 9.85. The molecule has 1 N–H and O–H groups in total. The number of H-pyrrole nitrogens is 1. The molecule has 1 spiro atoms. The maximum absolute atomic E-state index is 12.6. The van der Waals surface area contributed by atoms with Crippen molar-refractivity contribution in [2.45, 2.75) is 24.9 Å². The number of likely N-dealkylation sites (tertiary alicyclic amines) is 1. The van der Waals surface area contributed by atoms with Gasteiger partial charge in [-0.05, 0) is 43.0 Å². The van der Waals surface area contributed by atoms with E-state index in [1.807, 2.05) is 39.9 Å². The van der Waals surface area contributed by atoms with E-state index in [2.05, 4.69) is 16.0 Å². The van der Waals surface area contributed by atoms with Crippen LogP contribution in [0.5, 0.6) is 0 Å². The smallest absolute Gasteiger partial charge is 0.270 e. The number of piperidine rings is 1. The van der Waals surface area contributed by atoms with E-state index in [1.165, 1.54) is 15.3 Å². The zero-order valence-electron chi connectivity index (χ0n) is 14.2. The topological polar surface area (TPSA) is 58.2 Å². The molecule has 5 heterocycles. The SMILES string of the molecule is O=C(c1ccc[nH]1)N1CCC2(CC1)OCCc1cc(-c3nccs3)sc12. The third-order valence-electron chi connectivity index (χ3n) is 5.30. The van der Waals surface area contributed by atoms with Crippen molar-refractivity contribution in [1.82, 2.24) is 14.9 Å². The first-order chi connectivity index (χ1) is 12.8. The molecule has 2 aliphatic heterocycles. The van der Waals surface area contributed by atoms with Gasteiger partial charge in [0.1, 0.15) is 16.3 Å². The Hall–Kier alpha value is -1.96. The number of hydrogen-bond acceptors (Lipinski definition) is 5. The number of nitrogens with one attached hydrogen (secondary N) is 1. The van der Waals surface area contributed by atoms with E-state index in [0.717, 1.165) is 44.0 Å². The van der Waals surface area contributed by atoms with Crippen molar-refractivity contribution >= 4 is 28.6 Å². The molecule has 3 aromatic rings. The zero-order chi connectivity index (χ0) is 17.6. The second-order valence-electron chi connectivity index (χ2n) is 6.77. The largest absolute Gasteiger partial charge is 0.369 e. The van der Waals surface area contributed by atoms with Gasteiger partial charge in [-0.15, -0.1) is 22.7 Å². The summed E-state index contributed by atoms with van der Waals surface area (Å²) < 4.78 is 6.33. The summed E-state index contributed by atoms with van der Waals surface area (Å²) in [5.41, 5.74) is 1.82. The predicted octanol–water partition coefficient (Wildman–Crippen LogP) is 3.90. The molecule has 7 heteroatoms. The fourth-order valence-electron chi connectivity index (χ4n) is 3.95. The highest BCUT2D eigenvalue weighted by molar-refractivity contribution is 7.21. The van der Waals surface area contributed by atoms with Crippen LogP contribution in [0.3, 0.4) is 0 Å². The molecule has 134 valence electrons. The number of carbonyl (C=O) groups excluding carboxylic acids is 1. The second-order valence-corrected chi connectivity index (χ2v) is 8.72. The number of rotatable bonds is 2. The fraction of sp³-hybridized carbons (Fsp3) is 0.368. The van der Waals surface area contributed by atoms with E-state index >= 15 is 0 Å². The third kappa shape index (κ3) is 2.62. The Bertz CT molecular complexity index is 907. The molecule has 26 heavy (non-hydrogen) atoms. The Labute approximate surface area is 159 Å². The lowest BCUT2D eigenvalue weighted by Gasteiger charge is -2.43. The lowest BCUT2D eigenvalue weighted by Crippen LogP contribution is -2.47. The summed E-state index contributed by atoms with van der Waals surface area (Å²) in [4.78, 5) is 24.6. The molecule has 0 saturated carbocycles. The van der Waals surface area contributed by atoms with Crippen molar-refractivity contribution in [2.75, 3.05) is 19.7 Å². The van der Waals surface area contributed by atoms with Crippen LogP contribution in [0, 0.1) is 0 Å². The minimum Gasteiger partial charge on any atom is -0.369 e. The zero-order valence-corrected chi connectivity index (χ0v) is 15.9. The van der Waals surface area contributed by atoms with E-state index in [1.54, 1.807) is 17.5 Å². The van der Waals surface area contributed by atoms with Crippen molar-refractivity contribution < 1.29 is 9.53 Å². The maximum atomic E-state index is 12.6. The number of carbonyl (C=O) groups is 1. The van der Waals surface area contributed by atoms with Crippen molar-refractivity contribution in [3.05, 3.63) is 52.1 Å². The molecular weight excluding hydrogens is 366 g/mol. The predicted molar refractivity (Wildman–Crippen MR) is 103 cm³/mol. The molecular formula is C19H19N3O2S2. The highest BCUT2D eigenvalue weighted by Gasteiger charge is 2.43. The molecule has 3 aromatic heterocycles. The number of fused-ring (bicyclic) bond motifs is 2. The first kappa shape index (κ1) is 16.2. The molecule has 2 aliphatic rings. The Morgan fingerprint density at radius 1 is 1.35 bits per heavy atom. The van der Waals surface area contributed by atoms with Gasteiger partial charge in [-0.25, -0.2) is 4.98 Å². The summed E-state index contributed by atoms with van der Waals surface area (Å²) in [6.07, 6.45) is 6.31. The number of hydrogen-bond donors (Lipinski definition) is 1. The number of nitrogens with zero attached hydrogens (tertiary/aromatic N) is 2. The van der Waals surface area contributed by atoms with E-state index in [9.17, 15) is 4.79 Å². The molecule has 0 atom stereocenters. The molecule has 0 radical (unpaired) electrons. The Morgan fingerprint density at radius 2 is 2.23 bits per heavy atom. The van der Waals surface area contributed by atoms with E-state index in [4.69, 9.17) is 4.74 Å². The standard InChI is InChI=1S/C19H19N3O2S2/c23-18(14-2-1-6-20-14)22-8-4-19(5-9-22)16-13(3-10-24-19)12-15(26-16)17-21-7-11-25-17/h1-2,6-7,11-12,20H,3-5,8-10H2. The highest BCUT2D eigenvalue weighted by atomic mass is 32.1. The summed E-state index contributed by atoms with van der Waals surface area (Å²) in [7, 11) is 0. The summed E-state index contributed by atoms with van der Waals surface area (Å²) in [5, 5.41) is 3.10. The van der Waals surface area contributed by atoms with Crippen LogP contribution in [-0.2, 0) is 16.8 Å². The van der Waals surface area contributed by atoms with Crippen molar-refractivity contribution in [3.63, 3.8) is 0 Å². The third-order valence-corrected chi connectivity index (χ3v) is 7.61. The molecule has 0 unspecified atom stereocenters. The normalized spacial score (nSPS) is 18.8. The van der Waals surface area contributed by atoms with Gasteiger partial charge in [-0.2, -0.15) is 0 Å². The molecule has 5 nitrogen and oxygen atoms in total. The first-order valence-electron chi connectivity index (χ1n) is 8.85. The van der Waals surface area contributed by atoms with Gasteiger partial charge in [0, 0.05) is 35.7 Å². The van der Waals surface area contributed by atoms with E-state index < -0.39 is 0 Å². The van der Waals surface area contributed by atoms with Crippen molar-refractivity contribution in [3.8, 4) is 9.88 Å². The van der Waals surface area contributed by atoms with Crippen LogP contribution in [0.2, 0.25) is 0 Å². The van der Waals surface area contributed by atoms with Gasteiger partial charge in [-0.3, -0.25) is 4.79 Å². The Kier molecular flexibility index (Phi) is 3.95.